The molecule has 0 bridgehead atoms. The zero-order valence-electron chi connectivity index (χ0n) is 8.63. The summed E-state index contributed by atoms with van der Waals surface area (Å²) in [6.07, 6.45) is 0.858. The topological polar surface area (TPSA) is 41.1 Å². The largest absolute Gasteiger partial charge is 0.384 e. The van der Waals surface area contributed by atoms with Gasteiger partial charge in [0.15, 0.2) is 0 Å². The summed E-state index contributed by atoms with van der Waals surface area (Å²) < 4.78 is 0. The van der Waals surface area contributed by atoms with Crippen LogP contribution in [0, 0.1) is 0 Å². The van der Waals surface area contributed by atoms with Gasteiger partial charge in [-0.1, -0.05) is 0 Å². The van der Waals surface area contributed by atoms with Crippen LogP contribution in [-0.2, 0) is 0 Å². The number of anilines is 2. The first-order valence-corrected chi connectivity index (χ1v) is 4.88. The monoisotopic (exact) mass is 192 g/mol. The van der Waals surface area contributed by atoms with Gasteiger partial charge >= 0.3 is 0 Å². The molecule has 14 heavy (non-hydrogen) atoms. The number of hydrogen-bond acceptors (Lipinski definition) is 3. The Morgan fingerprint density at radius 2 is 1.79 bits per heavy atom. The predicted octanol–water partition coefficient (Wildman–Crippen LogP) is 2.36. The van der Waals surface area contributed by atoms with Gasteiger partial charge in [0.25, 0.3) is 0 Å². The van der Waals surface area contributed by atoms with Crippen molar-refractivity contribution in [1.82, 2.24) is 0 Å². The molecule has 0 saturated carbocycles. The second-order valence-electron chi connectivity index (χ2n) is 2.98. The van der Waals surface area contributed by atoms with Gasteiger partial charge in [-0.3, -0.25) is 4.79 Å². The van der Waals surface area contributed by atoms with E-state index in [1.165, 1.54) is 0 Å². The Morgan fingerprint density at radius 1 is 1.14 bits per heavy atom. The molecule has 1 aromatic carbocycles. The van der Waals surface area contributed by atoms with Gasteiger partial charge in [0.2, 0.25) is 0 Å². The molecule has 0 atom stereocenters. The molecule has 0 heterocycles. The second kappa shape index (κ2) is 5.27. The van der Waals surface area contributed by atoms with Crippen LogP contribution in [0.15, 0.2) is 18.2 Å². The van der Waals surface area contributed by atoms with E-state index in [1.807, 2.05) is 32.0 Å². The van der Waals surface area contributed by atoms with E-state index in [0.717, 1.165) is 30.8 Å². The maximum absolute atomic E-state index is 10.6. The van der Waals surface area contributed by atoms with Gasteiger partial charge in [-0.25, -0.2) is 0 Å². The summed E-state index contributed by atoms with van der Waals surface area (Å²) in [5.74, 6) is 0. The summed E-state index contributed by atoms with van der Waals surface area (Å²) in [6.45, 7) is 5.80. The normalized spacial score (nSPS) is 9.57. The summed E-state index contributed by atoms with van der Waals surface area (Å²) in [7, 11) is 0. The van der Waals surface area contributed by atoms with E-state index in [0.29, 0.717) is 5.56 Å². The third-order valence-corrected chi connectivity index (χ3v) is 1.91. The van der Waals surface area contributed by atoms with Crippen molar-refractivity contribution in [3.63, 3.8) is 0 Å². The lowest BCUT2D eigenvalue weighted by molar-refractivity contribution is 0.112. The molecule has 0 aliphatic rings. The molecule has 0 aliphatic heterocycles. The SMILES string of the molecule is CCNc1ccc(C=O)cc1NCC. The van der Waals surface area contributed by atoms with Gasteiger partial charge < -0.3 is 10.6 Å². The molecule has 2 N–H and O–H groups in total. The summed E-state index contributed by atoms with van der Waals surface area (Å²) in [5, 5.41) is 6.45. The summed E-state index contributed by atoms with van der Waals surface area (Å²) in [6, 6.07) is 5.59. The van der Waals surface area contributed by atoms with Crippen LogP contribution in [0.4, 0.5) is 11.4 Å². The maximum atomic E-state index is 10.6. The molecule has 76 valence electrons. The van der Waals surface area contributed by atoms with Crippen molar-refractivity contribution >= 4 is 17.7 Å². The molecule has 1 rings (SSSR count). The molecule has 0 amide bonds. The van der Waals surface area contributed by atoms with Crippen molar-refractivity contribution in [2.45, 2.75) is 13.8 Å². The van der Waals surface area contributed by atoms with Crippen LogP contribution in [-0.4, -0.2) is 19.4 Å². The molecule has 0 unspecified atom stereocenters. The minimum atomic E-state index is 0.697. The number of benzene rings is 1. The Hall–Kier alpha value is -1.51. The smallest absolute Gasteiger partial charge is 0.150 e. The summed E-state index contributed by atoms with van der Waals surface area (Å²) in [4.78, 5) is 10.6. The van der Waals surface area contributed by atoms with Crippen LogP contribution in [0.1, 0.15) is 24.2 Å². The lowest BCUT2D eigenvalue weighted by Crippen LogP contribution is -2.04. The van der Waals surface area contributed by atoms with Crippen LogP contribution >= 0.6 is 0 Å². The van der Waals surface area contributed by atoms with Crippen molar-refractivity contribution in [3.8, 4) is 0 Å². The number of carbonyl (C=O) groups is 1. The fourth-order valence-electron chi connectivity index (χ4n) is 1.32. The van der Waals surface area contributed by atoms with Gasteiger partial charge in [0.05, 0.1) is 11.4 Å². The second-order valence-corrected chi connectivity index (χ2v) is 2.98. The van der Waals surface area contributed by atoms with Crippen LogP contribution < -0.4 is 10.6 Å². The van der Waals surface area contributed by atoms with Gasteiger partial charge in [-0.15, -0.1) is 0 Å². The molecule has 0 aliphatic carbocycles. The minimum Gasteiger partial charge on any atom is -0.384 e. The molecule has 3 nitrogen and oxygen atoms in total. The van der Waals surface area contributed by atoms with Gasteiger partial charge in [-0.05, 0) is 32.0 Å². The van der Waals surface area contributed by atoms with E-state index >= 15 is 0 Å². The Kier molecular flexibility index (Phi) is 3.98. The number of hydrogen-bond donors (Lipinski definition) is 2. The minimum absolute atomic E-state index is 0.697. The molecule has 0 aromatic heterocycles. The number of nitrogens with one attached hydrogen (secondary N) is 2. The average molecular weight is 192 g/mol. The molecule has 0 saturated heterocycles. The van der Waals surface area contributed by atoms with E-state index < -0.39 is 0 Å². The number of rotatable bonds is 5. The highest BCUT2D eigenvalue weighted by atomic mass is 16.1. The first kappa shape index (κ1) is 10.6. The number of carbonyl (C=O) groups excluding carboxylic acids is 1. The summed E-state index contributed by atoms with van der Waals surface area (Å²) >= 11 is 0. The van der Waals surface area contributed by atoms with E-state index in [9.17, 15) is 4.79 Å². The van der Waals surface area contributed by atoms with Crippen molar-refractivity contribution in [2.24, 2.45) is 0 Å². The fourth-order valence-corrected chi connectivity index (χ4v) is 1.32. The highest BCUT2D eigenvalue weighted by Crippen LogP contribution is 2.22. The Balaban J connectivity index is 2.96. The third kappa shape index (κ3) is 2.49. The van der Waals surface area contributed by atoms with E-state index in [-0.39, 0.29) is 0 Å². The van der Waals surface area contributed by atoms with Gasteiger partial charge in [0, 0.05) is 18.7 Å². The molecule has 0 spiro atoms. The van der Waals surface area contributed by atoms with Gasteiger partial charge in [-0.2, -0.15) is 0 Å². The molecule has 1 aromatic rings. The van der Waals surface area contributed by atoms with Crippen LogP contribution in [0.2, 0.25) is 0 Å². The van der Waals surface area contributed by atoms with Crippen LogP contribution in [0.25, 0.3) is 0 Å². The maximum Gasteiger partial charge on any atom is 0.150 e. The first-order valence-electron chi connectivity index (χ1n) is 4.88. The van der Waals surface area contributed by atoms with Crippen LogP contribution in [0.5, 0.6) is 0 Å². The molecular formula is C11H16N2O. The molecule has 0 radical (unpaired) electrons. The quantitative estimate of drug-likeness (QED) is 0.704. The van der Waals surface area contributed by atoms with E-state index in [4.69, 9.17) is 0 Å². The van der Waals surface area contributed by atoms with E-state index in [1.54, 1.807) is 0 Å². The van der Waals surface area contributed by atoms with Crippen molar-refractivity contribution in [3.05, 3.63) is 23.8 Å². The highest BCUT2D eigenvalue weighted by molar-refractivity contribution is 5.81. The molecule has 3 heteroatoms. The lowest BCUT2D eigenvalue weighted by atomic mass is 10.2. The fraction of sp³-hybridized carbons (Fsp3) is 0.364. The lowest BCUT2D eigenvalue weighted by Gasteiger charge is -2.11. The highest BCUT2D eigenvalue weighted by Gasteiger charge is 2.01. The van der Waals surface area contributed by atoms with Crippen LogP contribution in [0.3, 0.4) is 0 Å². The molecular weight excluding hydrogens is 176 g/mol. The average Bonchev–Trinajstić information content (AvgIpc) is 2.21. The Bertz CT molecular complexity index is 310. The first-order chi connectivity index (χ1) is 6.81. The van der Waals surface area contributed by atoms with Crippen molar-refractivity contribution < 1.29 is 4.79 Å². The van der Waals surface area contributed by atoms with Gasteiger partial charge in [0.1, 0.15) is 6.29 Å². The standard InChI is InChI=1S/C11H16N2O/c1-3-12-10-6-5-9(8-14)7-11(10)13-4-2/h5-8,12-13H,3-4H2,1-2H3. The predicted molar refractivity (Wildman–Crippen MR) is 60.2 cm³/mol. The van der Waals surface area contributed by atoms with Crippen molar-refractivity contribution in [1.29, 1.82) is 0 Å². The van der Waals surface area contributed by atoms with E-state index in [2.05, 4.69) is 10.6 Å². The zero-order chi connectivity index (χ0) is 10.4. The number of aldehydes is 1. The zero-order valence-corrected chi connectivity index (χ0v) is 8.63. The molecule has 0 fully saturated rings. The third-order valence-electron chi connectivity index (χ3n) is 1.91. The Morgan fingerprint density at radius 3 is 2.36 bits per heavy atom. The Labute approximate surface area is 84.5 Å². The van der Waals surface area contributed by atoms with Crippen molar-refractivity contribution in [2.75, 3.05) is 23.7 Å². The summed E-state index contributed by atoms with van der Waals surface area (Å²) in [5.41, 5.74) is 2.72.